The third kappa shape index (κ3) is 1.23. The molecule has 0 heterocycles. The molecule has 0 aromatic carbocycles. The van der Waals surface area contributed by atoms with Crippen molar-refractivity contribution in [2.75, 3.05) is 0 Å². The highest BCUT2D eigenvalue weighted by Gasteiger charge is 2.19. The second-order valence-electron chi connectivity index (χ2n) is 2.41. The summed E-state index contributed by atoms with van der Waals surface area (Å²) in [6, 6.07) is 0. The van der Waals surface area contributed by atoms with Crippen LogP contribution in [0.25, 0.3) is 0 Å². The van der Waals surface area contributed by atoms with E-state index in [0.717, 1.165) is 23.6 Å². The van der Waals surface area contributed by atoms with Gasteiger partial charge in [0.15, 0.2) is 0 Å². The SMILES string of the molecule is CC1=C(Br)C(C=O)CC1. The summed E-state index contributed by atoms with van der Waals surface area (Å²) >= 11 is 3.38. The number of carbonyl (C=O) groups excluding carboxylic acids is 1. The quantitative estimate of drug-likeness (QED) is 0.578. The van der Waals surface area contributed by atoms with Crippen LogP contribution in [0.1, 0.15) is 19.8 Å². The van der Waals surface area contributed by atoms with Crippen molar-refractivity contribution < 1.29 is 4.79 Å². The highest BCUT2D eigenvalue weighted by molar-refractivity contribution is 9.11. The van der Waals surface area contributed by atoms with Gasteiger partial charge in [0.2, 0.25) is 0 Å². The lowest BCUT2D eigenvalue weighted by atomic mass is 10.2. The van der Waals surface area contributed by atoms with Gasteiger partial charge in [0.05, 0.1) is 0 Å². The molecule has 1 aliphatic carbocycles. The van der Waals surface area contributed by atoms with Crippen LogP contribution in [0.5, 0.6) is 0 Å². The van der Waals surface area contributed by atoms with Crippen molar-refractivity contribution in [3.8, 4) is 0 Å². The molecule has 1 rings (SSSR count). The summed E-state index contributed by atoms with van der Waals surface area (Å²) in [5.74, 6) is 0.157. The maximum absolute atomic E-state index is 10.3. The zero-order chi connectivity index (χ0) is 6.85. The van der Waals surface area contributed by atoms with Crippen LogP contribution >= 0.6 is 15.9 Å². The maximum Gasteiger partial charge on any atom is 0.127 e. The minimum atomic E-state index is 0.157. The third-order valence-electron chi connectivity index (χ3n) is 1.73. The molecule has 1 atom stereocenters. The molecule has 1 aliphatic rings. The number of hydrogen-bond acceptors (Lipinski definition) is 1. The number of hydrogen-bond donors (Lipinski definition) is 0. The molecule has 0 amide bonds. The summed E-state index contributed by atoms with van der Waals surface area (Å²) in [5.41, 5.74) is 1.33. The Morgan fingerprint density at radius 3 is 2.67 bits per heavy atom. The molecule has 0 radical (unpaired) electrons. The molecule has 0 spiro atoms. The van der Waals surface area contributed by atoms with Gasteiger partial charge in [0.1, 0.15) is 6.29 Å². The molecular weight excluding hydrogens is 180 g/mol. The van der Waals surface area contributed by atoms with Gasteiger partial charge in [0, 0.05) is 10.4 Å². The lowest BCUT2D eigenvalue weighted by Gasteiger charge is -1.96. The van der Waals surface area contributed by atoms with Gasteiger partial charge >= 0.3 is 0 Å². The monoisotopic (exact) mass is 188 g/mol. The lowest BCUT2D eigenvalue weighted by Crippen LogP contribution is -1.94. The highest BCUT2D eigenvalue weighted by atomic mass is 79.9. The lowest BCUT2D eigenvalue weighted by molar-refractivity contribution is -0.109. The van der Waals surface area contributed by atoms with Crippen molar-refractivity contribution in [3.63, 3.8) is 0 Å². The number of allylic oxidation sites excluding steroid dienone is 2. The molecule has 0 bridgehead atoms. The molecule has 50 valence electrons. The van der Waals surface area contributed by atoms with Gasteiger partial charge < -0.3 is 4.79 Å². The van der Waals surface area contributed by atoms with E-state index in [-0.39, 0.29) is 5.92 Å². The van der Waals surface area contributed by atoms with Gasteiger partial charge in [0.25, 0.3) is 0 Å². The smallest absolute Gasteiger partial charge is 0.127 e. The largest absolute Gasteiger partial charge is 0.303 e. The van der Waals surface area contributed by atoms with Crippen molar-refractivity contribution in [3.05, 3.63) is 10.1 Å². The third-order valence-corrected chi connectivity index (χ3v) is 2.99. The first kappa shape index (κ1) is 7.00. The van der Waals surface area contributed by atoms with Crippen LogP contribution in [-0.4, -0.2) is 6.29 Å². The molecule has 0 fully saturated rings. The van der Waals surface area contributed by atoms with E-state index in [1.165, 1.54) is 5.57 Å². The fourth-order valence-electron chi connectivity index (χ4n) is 1.06. The Labute approximate surface area is 63.3 Å². The molecule has 0 aromatic heterocycles. The molecule has 0 aromatic rings. The second-order valence-corrected chi connectivity index (χ2v) is 3.26. The van der Waals surface area contributed by atoms with E-state index in [0.29, 0.717) is 0 Å². The Bertz CT molecular complexity index is 160. The van der Waals surface area contributed by atoms with Gasteiger partial charge in [-0.2, -0.15) is 0 Å². The Hall–Kier alpha value is -0.110. The summed E-state index contributed by atoms with van der Waals surface area (Å²) < 4.78 is 1.11. The van der Waals surface area contributed by atoms with Crippen LogP contribution < -0.4 is 0 Å². The summed E-state index contributed by atoms with van der Waals surface area (Å²) in [4.78, 5) is 10.3. The van der Waals surface area contributed by atoms with Crippen LogP contribution in [0.3, 0.4) is 0 Å². The molecule has 0 saturated carbocycles. The molecule has 9 heavy (non-hydrogen) atoms. The number of aldehydes is 1. The Morgan fingerprint density at radius 1 is 1.78 bits per heavy atom. The van der Waals surface area contributed by atoms with Crippen molar-refractivity contribution in [2.24, 2.45) is 5.92 Å². The summed E-state index contributed by atoms with van der Waals surface area (Å²) in [7, 11) is 0. The number of halogens is 1. The van der Waals surface area contributed by atoms with E-state index in [4.69, 9.17) is 0 Å². The summed E-state index contributed by atoms with van der Waals surface area (Å²) in [6.07, 6.45) is 3.08. The zero-order valence-corrected chi connectivity index (χ0v) is 6.94. The van der Waals surface area contributed by atoms with Crippen molar-refractivity contribution >= 4 is 22.2 Å². The Kier molecular flexibility index (Phi) is 2.06. The van der Waals surface area contributed by atoms with Crippen molar-refractivity contribution in [2.45, 2.75) is 19.8 Å². The van der Waals surface area contributed by atoms with Crippen molar-refractivity contribution in [1.82, 2.24) is 0 Å². The number of rotatable bonds is 1. The molecule has 1 unspecified atom stereocenters. The summed E-state index contributed by atoms with van der Waals surface area (Å²) in [5, 5.41) is 0. The van der Waals surface area contributed by atoms with E-state index >= 15 is 0 Å². The summed E-state index contributed by atoms with van der Waals surface area (Å²) in [6.45, 7) is 2.06. The first-order valence-electron chi connectivity index (χ1n) is 3.06. The fourth-order valence-corrected chi connectivity index (χ4v) is 1.60. The van der Waals surface area contributed by atoms with E-state index < -0.39 is 0 Å². The van der Waals surface area contributed by atoms with Crippen LogP contribution in [0.15, 0.2) is 10.1 Å². The van der Waals surface area contributed by atoms with Gasteiger partial charge in [-0.15, -0.1) is 0 Å². The average Bonchev–Trinajstić information content (AvgIpc) is 2.15. The molecule has 0 N–H and O–H groups in total. The fraction of sp³-hybridized carbons (Fsp3) is 0.571. The van der Waals surface area contributed by atoms with Gasteiger partial charge in [-0.25, -0.2) is 0 Å². The number of carbonyl (C=O) groups is 1. The minimum absolute atomic E-state index is 0.157. The van der Waals surface area contributed by atoms with Gasteiger partial charge in [-0.3, -0.25) is 0 Å². The molecule has 0 aliphatic heterocycles. The van der Waals surface area contributed by atoms with Gasteiger partial charge in [-0.1, -0.05) is 21.5 Å². The van der Waals surface area contributed by atoms with Crippen LogP contribution in [0, 0.1) is 5.92 Å². The molecular formula is C7H9BrO. The standard InChI is InChI=1S/C7H9BrO/c1-5-2-3-6(4-9)7(5)8/h4,6H,2-3H2,1H3. The average molecular weight is 189 g/mol. The van der Waals surface area contributed by atoms with E-state index in [1.807, 2.05) is 0 Å². The zero-order valence-electron chi connectivity index (χ0n) is 5.36. The highest BCUT2D eigenvalue weighted by Crippen LogP contribution is 2.33. The van der Waals surface area contributed by atoms with Crippen molar-refractivity contribution in [1.29, 1.82) is 0 Å². The van der Waals surface area contributed by atoms with Crippen LogP contribution in [-0.2, 0) is 4.79 Å². The molecule has 2 heteroatoms. The molecule has 1 nitrogen and oxygen atoms in total. The Balaban J connectivity index is 2.74. The van der Waals surface area contributed by atoms with Crippen LogP contribution in [0.4, 0.5) is 0 Å². The maximum atomic E-state index is 10.3. The first-order valence-corrected chi connectivity index (χ1v) is 3.85. The van der Waals surface area contributed by atoms with E-state index in [1.54, 1.807) is 0 Å². The first-order chi connectivity index (χ1) is 4.25. The Morgan fingerprint density at radius 2 is 2.44 bits per heavy atom. The minimum Gasteiger partial charge on any atom is -0.303 e. The molecule has 0 saturated heterocycles. The second kappa shape index (κ2) is 2.65. The predicted molar refractivity (Wildman–Crippen MR) is 40.4 cm³/mol. The van der Waals surface area contributed by atoms with E-state index in [2.05, 4.69) is 22.9 Å². The topological polar surface area (TPSA) is 17.1 Å². The predicted octanol–water partition coefficient (Wildman–Crippen LogP) is 2.26. The van der Waals surface area contributed by atoms with E-state index in [9.17, 15) is 4.79 Å². The van der Waals surface area contributed by atoms with Crippen LogP contribution in [0.2, 0.25) is 0 Å². The normalized spacial score (nSPS) is 27.1. The van der Waals surface area contributed by atoms with Gasteiger partial charge in [-0.05, 0) is 19.8 Å².